The minimum Gasteiger partial charge on any atom is -0.478 e. The van der Waals surface area contributed by atoms with Gasteiger partial charge in [0.15, 0.2) is 0 Å². The molecule has 1 aromatic carbocycles. The van der Waals surface area contributed by atoms with E-state index in [1.807, 2.05) is 13.0 Å². The lowest BCUT2D eigenvalue weighted by atomic mass is 10.1. The van der Waals surface area contributed by atoms with Gasteiger partial charge in [0.2, 0.25) is 0 Å². The molecule has 2 rings (SSSR count). The van der Waals surface area contributed by atoms with Gasteiger partial charge in [0.25, 0.3) is 0 Å². The molecule has 0 aliphatic heterocycles. The van der Waals surface area contributed by atoms with Gasteiger partial charge in [-0.1, -0.05) is 0 Å². The molecule has 0 radical (unpaired) electrons. The van der Waals surface area contributed by atoms with Crippen molar-refractivity contribution in [2.45, 2.75) is 20.4 Å². The number of benzene rings is 1. The number of carboxylic acids is 1. The van der Waals surface area contributed by atoms with Crippen LogP contribution in [0.2, 0.25) is 0 Å². The second-order valence-corrected chi connectivity index (χ2v) is 5.57. The van der Waals surface area contributed by atoms with E-state index in [0.717, 1.165) is 17.8 Å². The summed E-state index contributed by atoms with van der Waals surface area (Å²) >= 11 is 1.76. The number of carbonyl (C=O) groups is 1. The minimum absolute atomic E-state index is 0.354. The lowest BCUT2D eigenvalue weighted by Gasteiger charge is -2.07. The number of aryl methyl sites for hydroxylation is 2. The molecule has 94 valence electrons. The summed E-state index contributed by atoms with van der Waals surface area (Å²) in [7, 11) is 0. The van der Waals surface area contributed by atoms with Gasteiger partial charge in [0.1, 0.15) is 0 Å². The van der Waals surface area contributed by atoms with Gasteiger partial charge in [0.05, 0.1) is 5.56 Å². The van der Waals surface area contributed by atoms with Crippen LogP contribution in [0, 0.1) is 13.8 Å². The van der Waals surface area contributed by atoms with Crippen molar-refractivity contribution < 1.29 is 9.90 Å². The zero-order valence-electron chi connectivity index (χ0n) is 10.4. The fraction of sp³-hybridized carbons (Fsp3) is 0.214. The molecule has 0 amide bonds. The standard InChI is InChI=1S/C14H15NO2S/c1-9-7-11(4-6-13(9)14(16)17)15-8-12-5-3-10(2)18-12/h3-7,15H,8H2,1-2H3,(H,16,17). The fourth-order valence-corrected chi connectivity index (χ4v) is 2.61. The van der Waals surface area contributed by atoms with Crippen LogP contribution in [0.25, 0.3) is 0 Å². The van der Waals surface area contributed by atoms with E-state index in [9.17, 15) is 4.79 Å². The zero-order valence-corrected chi connectivity index (χ0v) is 11.2. The van der Waals surface area contributed by atoms with Gasteiger partial charge in [-0.25, -0.2) is 4.79 Å². The molecule has 0 spiro atoms. The lowest BCUT2D eigenvalue weighted by Crippen LogP contribution is -2.02. The van der Waals surface area contributed by atoms with Crippen molar-refractivity contribution in [3.63, 3.8) is 0 Å². The maximum atomic E-state index is 10.9. The Labute approximate surface area is 110 Å². The molecule has 0 aliphatic rings. The third-order valence-corrected chi connectivity index (χ3v) is 3.72. The SMILES string of the molecule is Cc1ccc(CNc2ccc(C(=O)O)c(C)c2)s1. The Morgan fingerprint density at radius 2 is 2.06 bits per heavy atom. The Bertz CT molecular complexity index is 575. The first-order chi connectivity index (χ1) is 8.56. The van der Waals surface area contributed by atoms with E-state index < -0.39 is 5.97 Å². The number of carboxylic acid groups (broad SMARTS) is 1. The summed E-state index contributed by atoms with van der Waals surface area (Å²) in [5.74, 6) is -0.882. The topological polar surface area (TPSA) is 49.3 Å². The van der Waals surface area contributed by atoms with Crippen molar-refractivity contribution in [2.75, 3.05) is 5.32 Å². The molecule has 0 saturated carbocycles. The minimum atomic E-state index is -0.882. The Balaban J connectivity index is 2.06. The number of hydrogen-bond acceptors (Lipinski definition) is 3. The molecule has 2 N–H and O–H groups in total. The molecule has 0 aliphatic carbocycles. The molecule has 0 fully saturated rings. The third kappa shape index (κ3) is 2.90. The van der Waals surface area contributed by atoms with Gasteiger partial charge in [-0.05, 0) is 49.7 Å². The van der Waals surface area contributed by atoms with Crippen LogP contribution in [0.4, 0.5) is 5.69 Å². The van der Waals surface area contributed by atoms with Crippen LogP contribution in [0.3, 0.4) is 0 Å². The van der Waals surface area contributed by atoms with Crippen molar-refractivity contribution in [3.8, 4) is 0 Å². The number of rotatable bonds is 4. The van der Waals surface area contributed by atoms with Gasteiger partial charge in [-0.15, -0.1) is 11.3 Å². The van der Waals surface area contributed by atoms with E-state index in [2.05, 4.69) is 24.4 Å². The zero-order chi connectivity index (χ0) is 13.1. The lowest BCUT2D eigenvalue weighted by molar-refractivity contribution is 0.0696. The summed E-state index contributed by atoms with van der Waals surface area (Å²) in [6.45, 7) is 4.66. The maximum absolute atomic E-state index is 10.9. The number of aromatic carboxylic acids is 1. The van der Waals surface area contributed by atoms with E-state index in [1.165, 1.54) is 9.75 Å². The number of hydrogen-bond donors (Lipinski definition) is 2. The van der Waals surface area contributed by atoms with E-state index in [0.29, 0.717) is 5.56 Å². The smallest absolute Gasteiger partial charge is 0.335 e. The number of nitrogens with one attached hydrogen (secondary N) is 1. The Kier molecular flexibility index (Phi) is 3.67. The molecule has 3 nitrogen and oxygen atoms in total. The van der Waals surface area contributed by atoms with Crippen LogP contribution in [-0.4, -0.2) is 11.1 Å². The summed E-state index contributed by atoms with van der Waals surface area (Å²) in [6, 6.07) is 9.51. The molecular formula is C14H15NO2S. The largest absolute Gasteiger partial charge is 0.478 e. The van der Waals surface area contributed by atoms with E-state index in [1.54, 1.807) is 23.5 Å². The van der Waals surface area contributed by atoms with Gasteiger partial charge in [-0.3, -0.25) is 0 Å². The molecule has 18 heavy (non-hydrogen) atoms. The van der Waals surface area contributed by atoms with Crippen molar-refractivity contribution >= 4 is 23.0 Å². The Morgan fingerprint density at radius 1 is 1.28 bits per heavy atom. The van der Waals surface area contributed by atoms with Gasteiger partial charge in [0, 0.05) is 22.0 Å². The highest BCUT2D eigenvalue weighted by atomic mass is 32.1. The average molecular weight is 261 g/mol. The van der Waals surface area contributed by atoms with Crippen LogP contribution in [0.15, 0.2) is 30.3 Å². The van der Waals surface area contributed by atoms with Crippen molar-refractivity contribution in [3.05, 3.63) is 51.2 Å². The summed E-state index contributed by atoms with van der Waals surface area (Å²) in [4.78, 5) is 13.5. The molecule has 0 atom stereocenters. The quantitative estimate of drug-likeness (QED) is 0.882. The van der Waals surface area contributed by atoms with Crippen LogP contribution >= 0.6 is 11.3 Å². The second-order valence-electron chi connectivity index (χ2n) is 4.20. The summed E-state index contributed by atoms with van der Waals surface area (Å²) in [6.07, 6.45) is 0. The summed E-state index contributed by atoms with van der Waals surface area (Å²) in [5, 5.41) is 12.2. The Morgan fingerprint density at radius 3 is 2.61 bits per heavy atom. The highest BCUT2D eigenvalue weighted by Gasteiger charge is 2.07. The van der Waals surface area contributed by atoms with Crippen molar-refractivity contribution in [1.82, 2.24) is 0 Å². The summed E-state index contributed by atoms with van der Waals surface area (Å²) in [5.41, 5.74) is 2.07. The molecule has 1 aromatic heterocycles. The van der Waals surface area contributed by atoms with Crippen molar-refractivity contribution in [1.29, 1.82) is 0 Å². The highest BCUT2D eigenvalue weighted by Crippen LogP contribution is 2.19. The van der Waals surface area contributed by atoms with Crippen LogP contribution in [-0.2, 0) is 6.54 Å². The van der Waals surface area contributed by atoms with E-state index in [-0.39, 0.29) is 0 Å². The number of thiophene rings is 1. The van der Waals surface area contributed by atoms with Gasteiger partial charge >= 0.3 is 5.97 Å². The molecule has 4 heteroatoms. The fourth-order valence-electron chi connectivity index (χ4n) is 1.78. The van der Waals surface area contributed by atoms with Gasteiger partial charge < -0.3 is 10.4 Å². The Hall–Kier alpha value is -1.81. The first kappa shape index (κ1) is 12.6. The van der Waals surface area contributed by atoms with E-state index >= 15 is 0 Å². The molecule has 0 bridgehead atoms. The van der Waals surface area contributed by atoms with Crippen molar-refractivity contribution in [2.24, 2.45) is 0 Å². The predicted octanol–water partition coefficient (Wildman–Crippen LogP) is 3.68. The summed E-state index contributed by atoms with van der Waals surface area (Å²) < 4.78 is 0. The maximum Gasteiger partial charge on any atom is 0.335 e. The number of anilines is 1. The average Bonchev–Trinajstić information content (AvgIpc) is 2.72. The van der Waals surface area contributed by atoms with E-state index in [4.69, 9.17) is 5.11 Å². The van der Waals surface area contributed by atoms with Crippen LogP contribution in [0.5, 0.6) is 0 Å². The molecule has 2 aromatic rings. The molecule has 1 heterocycles. The normalized spacial score (nSPS) is 10.3. The molecular weight excluding hydrogens is 246 g/mol. The first-order valence-corrected chi connectivity index (χ1v) is 6.51. The van der Waals surface area contributed by atoms with Crippen LogP contribution < -0.4 is 5.32 Å². The second kappa shape index (κ2) is 5.23. The van der Waals surface area contributed by atoms with Gasteiger partial charge in [-0.2, -0.15) is 0 Å². The predicted molar refractivity (Wildman–Crippen MR) is 74.5 cm³/mol. The monoisotopic (exact) mass is 261 g/mol. The van der Waals surface area contributed by atoms with Crippen LogP contribution in [0.1, 0.15) is 25.7 Å². The third-order valence-electron chi connectivity index (χ3n) is 2.72. The highest BCUT2D eigenvalue weighted by molar-refractivity contribution is 7.11. The molecule has 0 saturated heterocycles. The first-order valence-electron chi connectivity index (χ1n) is 5.69. The molecule has 0 unspecified atom stereocenters.